The van der Waals surface area contributed by atoms with Gasteiger partial charge < -0.3 is 10.0 Å². The lowest BCUT2D eigenvalue weighted by molar-refractivity contribution is -0.0372. The average Bonchev–Trinajstić information content (AvgIpc) is 2.63. The van der Waals surface area contributed by atoms with Gasteiger partial charge in [-0.2, -0.15) is 0 Å². The Morgan fingerprint density at radius 1 is 1.15 bits per heavy atom. The number of aryl methyl sites for hydroxylation is 1. The quantitative estimate of drug-likeness (QED) is 0.876. The van der Waals surface area contributed by atoms with Gasteiger partial charge in [0.1, 0.15) is 0 Å². The lowest BCUT2D eigenvalue weighted by Gasteiger charge is -2.33. The molecular weight excluding hydrogens is 274 g/mol. The molecule has 0 spiro atoms. The number of hydrogen-bond acceptors (Lipinski definition) is 2. The molecule has 20 heavy (non-hydrogen) atoms. The van der Waals surface area contributed by atoms with Crippen LogP contribution in [0.1, 0.15) is 27.0 Å². The maximum absolute atomic E-state index is 12.4. The highest BCUT2D eigenvalue weighted by Crippen LogP contribution is 2.45. The van der Waals surface area contributed by atoms with Gasteiger partial charge in [0, 0.05) is 28.8 Å². The largest absolute Gasteiger partial charge is 0.363 e. The molecule has 0 saturated carbocycles. The van der Waals surface area contributed by atoms with E-state index in [1.165, 1.54) is 4.90 Å². The van der Waals surface area contributed by atoms with E-state index >= 15 is 0 Å². The molecule has 0 bridgehead atoms. The first-order valence-corrected chi connectivity index (χ1v) is 6.71. The topological polar surface area (TPSA) is 40.5 Å². The zero-order valence-electron chi connectivity index (χ0n) is 11.2. The third kappa shape index (κ3) is 1.54. The highest BCUT2D eigenvalue weighted by atomic mass is 35.5. The zero-order chi connectivity index (χ0) is 14.5. The number of fused-ring (bicyclic) bond motifs is 1. The number of benzene rings is 2. The third-order valence-corrected chi connectivity index (χ3v) is 4.22. The van der Waals surface area contributed by atoms with Gasteiger partial charge in [-0.3, -0.25) is 4.79 Å². The van der Waals surface area contributed by atoms with E-state index in [-0.39, 0.29) is 5.91 Å². The molecule has 2 aromatic carbocycles. The van der Waals surface area contributed by atoms with Crippen LogP contribution in [0.15, 0.2) is 42.5 Å². The van der Waals surface area contributed by atoms with Crippen LogP contribution in [0.5, 0.6) is 0 Å². The number of amides is 1. The Bertz CT molecular complexity index is 713. The molecule has 0 fully saturated rings. The number of carbonyl (C=O) groups excluding carboxylic acids is 1. The first-order valence-electron chi connectivity index (χ1n) is 6.33. The minimum absolute atomic E-state index is 0.228. The van der Waals surface area contributed by atoms with Crippen LogP contribution < -0.4 is 0 Å². The second-order valence-corrected chi connectivity index (χ2v) is 5.42. The first-order chi connectivity index (χ1) is 9.48. The Labute approximate surface area is 122 Å². The summed E-state index contributed by atoms with van der Waals surface area (Å²) in [5.74, 6) is -0.228. The zero-order valence-corrected chi connectivity index (χ0v) is 12.0. The number of hydrogen-bond donors (Lipinski definition) is 1. The van der Waals surface area contributed by atoms with Crippen LogP contribution in [0.3, 0.4) is 0 Å². The highest BCUT2D eigenvalue weighted by molar-refractivity contribution is 6.32. The Morgan fingerprint density at radius 2 is 1.85 bits per heavy atom. The van der Waals surface area contributed by atoms with E-state index in [1.54, 1.807) is 25.2 Å². The van der Waals surface area contributed by atoms with E-state index in [2.05, 4.69) is 0 Å². The molecule has 1 atom stereocenters. The SMILES string of the molecule is Cc1ccccc1C1(O)c2c(Cl)cccc2C(=O)N1C. The molecule has 1 N–H and O–H groups in total. The van der Waals surface area contributed by atoms with Gasteiger partial charge in [-0.15, -0.1) is 0 Å². The van der Waals surface area contributed by atoms with Crippen molar-refractivity contribution in [3.05, 3.63) is 69.7 Å². The van der Waals surface area contributed by atoms with Crippen LogP contribution in [-0.4, -0.2) is 23.0 Å². The molecule has 2 aromatic rings. The molecule has 3 rings (SSSR count). The van der Waals surface area contributed by atoms with Crippen LogP contribution >= 0.6 is 11.6 Å². The minimum Gasteiger partial charge on any atom is -0.363 e. The molecule has 1 unspecified atom stereocenters. The van der Waals surface area contributed by atoms with Gasteiger partial charge >= 0.3 is 0 Å². The number of halogens is 1. The number of nitrogens with zero attached hydrogens (tertiary/aromatic N) is 1. The smallest absolute Gasteiger partial charge is 0.256 e. The molecule has 0 aliphatic carbocycles. The van der Waals surface area contributed by atoms with Crippen LogP contribution in [0, 0.1) is 6.92 Å². The Kier molecular flexibility index (Phi) is 2.85. The Morgan fingerprint density at radius 3 is 2.55 bits per heavy atom. The summed E-state index contributed by atoms with van der Waals surface area (Å²) < 4.78 is 0. The van der Waals surface area contributed by atoms with E-state index < -0.39 is 5.72 Å². The standard InChI is InChI=1S/C16H14ClNO2/c1-10-6-3-4-8-12(10)16(20)14-11(15(19)18(16)2)7-5-9-13(14)17/h3-9,20H,1-2H3. The molecular formula is C16H14ClNO2. The van der Waals surface area contributed by atoms with Gasteiger partial charge in [0.25, 0.3) is 5.91 Å². The summed E-state index contributed by atoms with van der Waals surface area (Å²) in [6.07, 6.45) is 0. The fraction of sp³-hybridized carbons (Fsp3) is 0.188. The first kappa shape index (κ1) is 13.2. The van der Waals surface area contributed by atoms with Gasteiger partial charge in [0.2, 0.25) is 0 Å². The summed E-state index contributed by atoms with van der Waals surface area (Å²) in [5, 5.41) is 11.6. The van der Waals surface area contributed by atoms with Gasteiger partial charge in [-0.05, 0) is 24.6 Å². The fourth-order valence-electron chi connectivity index (χ4n) is 2.83. The van der Waals surface area contributed by atoms with Crippen LogP contribution in [0.25, 0.3) is 0 Å². The molecule has 102 valence electrons. The van der Waals surface area contributed by atoms with E-state index in [9.17, 15) is 9.90 Å². The second kappa shape index (κ2) is 4.33. The summed E-state index contributed by atoms with van der Waals surface area (Å²) in [5.41, 5.74) is 0.968. The molecule has 1 amide bonds. The molecule has 0 aromatic heterocycles. The lowest BCUT2D eigenvalue weighted by atomic mass is 9.91. The summed E-state index contributed by atoms with van der Waals surface area (Å²) in [6.45, 7) is 1.90. The predicted molar refractivity (Wildman–Crippen MR) is 77.7 cm³/mol. The van der Waals surface area contributed by atoms with Crippen molar-refractivity contribution in [3.63, 3.8) is 0 Å². The molecule has 4 heteroatoms. The lowest BCUT2D eigenvalue weighted by Crippen LogP contribution is -2.42. The van der Waals surface area contributed by atoms with Gasteiger partial charge in [-0.1, -0.05) is 41.9 Å². The summed E-state index contributed by atoms with van der Waals surface area (Å²) in [6, 6.07) is 12.6. The average molecular weight is 288 g/mol. The van der Waals surface area contributed by atoms with Crippen LogP contribution in [0.2, 0.25) is 5.02 Å². The van der Waals surface area contributed by atoms with E-state index in [0.29, 0.717) is 21.7 Å². The third-order valence-electron chi connectivity index (χ3n) is 3.90. The predicted octanol–water partition coefficient (Wildman–Crippen LogP) is 2.93. The van der Waals surface area contributed by atoms with Gasteiger partial charge in [0.15, 0.2) is 5.72 Å². The fourth-order valence-corrected chi connectivity index (χ4v) is 3.14. The van der Waals surface area contributed by atoms with Crippen molar-refractivity contribution < 1.29 is 9.90 Å². The molecule has 1 heterocycles. The van der Waals surface area contributed by atoms with Crippen molar-refractivity contribution in [1.82, 2.24) is 4.90 Å². The van der Waals surface area contributed by atoms with Crippen molar-refractivity contribution in [2.45, 2.75) is 12.6 Å². The Balaban J connectivity index is 2.36. The maximum Gasteiger partial charge on any atom is 0.256 e. The van der Waals surface area contributed by atoms with Crippen LogP contribution in [-0.2, 0) is 5.72 Å². The second-order valence-electron chi connectivity index (χ2n) is 5.01. The van der Waals surface area contributed by atoms with Crippen molar-refractivity contribution >= 4 is 17.5 Å². The number of aliphatic hydroxyl groups is 1. The van der Waals surface area contributed by atoms with E-state index in [4.69, 9.17) is 11.6 Å². The molecule has 1 aliphatic heterocycles. The minimum atomic E-state index is -1.52. The molecule has 1 aliphatic rings. The van der Waals surface area contributed by atoms with E-state index in [1.807, 2.05) is 31.2 Å². The number of rotatable bonds is 1. The van der Waals surface area contributed by atoms with Crippen molar-refractivity contribution in [2.24, 2.45) is 0 Å². The summed E-state index contributed by atoms with van der Waals surface area (Å²) >= 11 is 6.25. The number of carbonyl (C=O) groups is 1. The van der Waals surface area contributed by atoms with Crippen molar-refractivity contribution in [1.29, 1.82) is 0 Å². The molecule has 0 radical (unpaired) electrons. The summed E-state index contributed by atoms with van der Waals surface area (Å²) in [7, 11) is 1.59. The Hall–Kier alpha value is -1.84. The summed E-state index contributed by atoms with van der Waals surface area (Å²) in [4.78, 5) is 13.7. The molecule has 3 nitrogen and oxygen atoms in total. The molecule has 0 saturated heterocycles. The monoisotopic (exact) mass is 287 g/mol. The van der Waals surface area contributed by atoms with Gasteiger partial charge in [-0.25, -0.2) is 0 Å². The highest BCUT2D eigenvalue weighted by Gasteiger charge is 2.49. The van der Waals surface area contributed by atoms with Crippen molar-refractivity contribution in [2.75, 3.05) is 7.05 Å². The maximum atomic E-state index is 12.4. The van der Waals surface area contributed by atoms with E-state index in [0.717, 1.165) is 5.56 Å². The van der Waals surface area contributed by atoms with Crippen LogP contribution in [0.4, 0.5) is 0 Å². The van der Waals surface area contributed by atoms with Gasteiger partial charge in [0.05, 0.1) is 0 Å². The normalized spacial score (nSPS) is 21.2. The van der Waals surface area contributed by atoms with Crippen molar-refractivity contribution in [3.8, 4) is 0 Å².